The molecule has 1 rings (SSSR count). The van der Waals surface area contributed by atoms with Crippen molar-refractivity contribution in [1.29, 1.82) is 0 Å². The third-order valence-corrected chi connectivity index (χ3v) is 4.86. The van der Waals surface area contributed by atoms with Crippen LogP contribution in [0.15, 0.2) is 17.0 Å². The van der Waals surface area contributed by atoms with E-state index in [-0.39, 0.29) is 22.4 Å². The SMILES string of the molecule is Cc1c(F)cc(C(=O)O)cc1S(=O)(=O)NC(C)C(C)C. The molecule has 0 radical (unpaired) electrons. The maximum absolute atomic E-state index is 13.7. The number of carboxylic acid groups (broad SMARTS) is 1. The van der Waals surface area contributed by atoms with Gasteiger partial charge in [-0.05, 0) is 31.9 Å². The van der Waals surface area contributed by atoms with Crippen LogP contribution in [-0.4, -0.2) is 25.5 Å². The number of carbonyl (C=O) groups is 1. The number of sulfonamides is 1. The van der Waals surface area contributed by atoms with Crippen LogP contribution in [0.2, 0.25) is 0 Å². The van der Waals surface area contributed by atoms with Crippen molar-refractivity contribution in [3.63, 3.8) is 0 Å². The van der Waals surface area contributed by atoms with Gasteiger partial charge in [-0.2, -0.15) is 0 Å². The van der Waals surface area contributed by atoms with E-state index in [0.717, 1.165) is 12.1 Å². The van der Waals surface area contributed by atoms with E-state index in [1.54, 1.807) is 6.92 Å². The summed E-state index contributed by atoms with van der Waals surface area (Å²) in [6, 6.07) is 1.43. The van der Waals surface area contributed by atoms with Crippen LogP contribution >= 0.6 is 0 Å². The molecule has 2 N–H and O–H groups in total. The van der Waals surface area contributed by atoms with Crippen molar-refractivity contribution in [3.05, 3.63) is 29.1 Å². The molecule has 1 unspecified atom stereocenters. The zero-order chi connectivity index (χ0) is 15.7. The summed E-state index contributed by atoms with van der Waals surface area (Å²) in [7, 11) is -3.97. The Kier molecular flexibility index (Phi) is 4.88. The number of benzene rings is 1. The van der Waals surface area contributed by atoms with E-state index < -0.39 is 27.4 Å². The average Bonchev–Trinajstić information content (AvgIpc) is 2.31. The van der Waals surface area contributed by atoms with E-state index in [1.807, 2.05) is 13.8 Å². The van der Waals surface area contributed by atoms with E-state index in [9.17, 15) is 17.6 Å². The molecule has 0 fully saturated rings. The van der Waals surface area contributed by atoms with Gasteiger partial charge in [0, 0.05) is 11.6 Å². The molecule has 0 saturated carbocycles. The van der Waals surface area contributed by atoms with Crippen LogP contribution in [0.1, 0.15) is 36.7 Å². The van der Waals surface area contributed by atoms with Gasteiger partial charge < -0.3 is 5.11 Å². The van der Waals surface area contributed by atoms with Crippen LogP contribution < -0.4 is 4.72 Å². The molecule has 5 nitrogen and oxygen atoms in total. The summed E-state index contributed by atoms with van der Waals surface area (Å²) >= 11 is 0. The quantitative estimate of drug-likeness (QED) is 0.873. The highest BCUT2D eigenvalue weighted by Gasteiger charge is 2.24. The lowest BCUT2D eigenvalue weighted by Crippen LogP contribution is -2.36. The van der Waals surface area contributed by atoms with Crippen molar-refractivity contribution < 1.29 is 22.7 Å². The van der Waals surface area contributed by atoms with Crippen LogP contribution in [0, 0.1) is 18.7 Å². The monoisotopic (exact) mass is 303 g/mol. The zero-order valence-electron chi connectivity index (χ0n) is 11.8. The molecule has 20 heavy (non-hydrogen) atoms. The van der Waals surface area contributed by atoms with E-state index in [0.29, 0.717) is 0 Å². The normalized spacial score (nSPS) is 13.5. The van der Waals surface area contributed by atoms with Crippen LogP contribution in [-0.2, 0) is 10.0 Å². The van der Waals surface area contributed by atoms with Gasteiger partial charge in [-0.15, -0.1) is 0 Å². The number of aromatic carboxylic acids is 1. The van der Waals surface area contributed by atoms with Crippen molar-refractivity contribution in [2.75, 3.05) is 0 Å². The number of nitrogens with one attached hydrogen (secondary N) is 1. The molecule has 1 aromatic rings. The first-order valence-electron chi connectivity index (χ1n) is 6.12. The fraction of sp³-hybridized carbons (Fsp3) is 0.462. The van der Waals surface area contributed by atoms with E-state index in [1.165, 1.54) is 6.92 Å². The van der Waals surface area contributed by atoms with E-state index in [2.05, 4.69) is 4.72 Å². The molecule has 0 aromatic heterocycles. The molecule has 0 bridgehead atoms. The molecule has 0 aliphatic heterocycles. The highest BCUT2D eigenvalue weighted by atomic mass is 32.2. The van der Waals surface area contributed by atoms with Gasteiger partial charge in [0.25, 0.3) is 0 Å². The second kappa shape index (κ2) is 5.88. The van der Waals surface area contributed by atoms with Gasteiger partial charge in [0.15, 0.2) is 0 Å². The molecule has 0 spiro atoms. The predicted octanol–water partition coefficient (Wildman–Crippen LogP) is 2.16. The maximum atomic E-state index is 13.7. The number of halogens is 1. The second-order valence-corrected chi connectivity index (χ2v) is 6.72. The first-order chi connectivity index (χ1) is 9.06. The van der Waals surface area contributed by atoms with Crippen LogP contribution in [0.25, 0.3) is 0 Å². The Morgan fingerprint density at radius 3 is 2.30 bits per heavy atom. The molecule has 1 aromatic carbocycles. The highest BCUT2D eigenvalue weighted by Crippen LogP contribution is 2.21. The number of rotatable bonds is 5. The van der Waals surface area contributed by atoms with E-state index in [4.69, 9.17) is 5.11 Å². The molecule has 0 aliphatic rings. The summed E-state index contributed by atoms with van der Waals surface area (Å²) in [5.41, 5.74) is -0.496. The summed E-state index contributed by atoms with van der Waals surface area (Å²) in [4.78, 5) is 10.5. The second-order valence-electron chi connectivity index (χ2n) is 5.04. The highest BCUT2D eigenvalue weighted by molar-refractivity contribution is 7.89. The number of hydrogen-bond donors (Lipinski definition) is 2. The molecule has 0 aliphatic carbocycles. The molecular weight excluding hydrogens is 285 g/mol. The summed E-state index contributed by atoms with van der Waals surface area (Å²) in [5, 5.41) is 8.88. The van der Waals surface area contributed by atoms with Gasteiger partial charge in [0.05, 0.1) is 10.5 Å². The molecule has 1 atom stereocenters. The van der Waals surface area contributed by atoms with Gasteiger partial charge >= 0.3 is 5.97 Å². The zero-order valence-corrected chi connectivity index (χ0v) is 12.6. The van der Waals surface area contributed by atoms with Crippen LogP contribution in [0.4, 0.5) is 4.39 Å². The number of hydrogen-bond acceptors (Lipinski definition) is 3. The minimum absolute atomic E-state index is 0.0533. The largest absolute Gasteiger partial charge is 0.478 e. The maximum Gasteiger partial charge on any atom is 0.335 e. The van der Waals surface area contributed by atoms with Gasteiger partial charge in [0.2, 0.25) is 10.0 Å². The molecule has 7 heteroatoms. The van der Waals surface area contributed by atoms with Crippen molar-refractivity contribution in [2.24, 2.45) is 5.92 Å². The minimum atomic E-state index is -3.97. The fourth-order valence-electron chi connectivity index (χ4n) is 1.50. The molecular formula is C13H18FNO4S. The van der Waals surface area contributed by atoms with Crippen LogP contribution in [0.5, 0.6) is 0 Å². The molecule has 0 saturated heterocycles. The van der Waals surface area contributed by atoms with Crippen molar-refractivity contribution in [3.8, 4) is 0 Å². The van der Waals surface area contributed by atoms with Crippen LogP contribution in [0.3, 0.4) is 0 Å². The Hall–Kier alpha value is -1.47. The Balaban J connectivity index is 3.34. The molecule has 112 valence electrons. The Bertz CT molecular complexity index is 626. The third kappa shape index (κ3) is 3.55. The molecule has 0 amide bonds. The first-order valence-corrected chi connectivity index (χ1v) is 7.60. The van der Waals surface area contributed by atoms with Gasteiger partial charge in [-0.1, -0.05) is 13.8 Å². The van der Waals surface area contributed by atoms with Crippen molar-refractivity contribution in [1.82, 2.24) is 4.72 Å². The lowest BCUT2D eigenvalue weighted by atomic mass is 10.1. The Morgan fingerprint density at radius 2 is 1.85 bits per heavy atom. The van der Waals surface area contributed by atoms with Gasteiger partial charge in [-0.3, -0.25) is 0 Å². The minimum Gasteiger partial charge on any atom is -0.478 e. The Morgan fingerprint density at radius 1 is 1.30 bits per heavy atom. The standard InChI is InChI=1S/C13H18FNO4S/c1-7(2)9(4)15-20(18,19)12-6-10(13(16)17)5-11(14)8(12)3/h5-7,9,15H,1-4H3,(H,16,17). The smallest absolute Gasteiger partial charge is 0.335 e. The average molecular weight is 303 g/mol. The van der Waals surface area contributed by atoms with E-state index >= 15 is 0 Å². The van der Waals surface area contributed by atoms with Gasteiger partial charge in [-0.25, -0.2) is 22.3 Å². The lowest BCUT2D eigenvalue weighted by Gasteiger charge is -2.18. The first kappa shape index (κ1) is 16.6. The van der Waals surface area contributed by atoms with Gasteiger partial charge in [0.1, 0.15) is 5.82 Å². The summed E-state index contributed by atoms with van der Waals surface area (Å²) in [6.45, 7) is 6.67. The van der Waals surface area contributed by atoms with Crippen molar-refractivity contribution in [2.45, 2.75) is 38.6 Å². The lowest BCUT2D eigenvalue weighted by molar-refractivity contribution is 0.0696. The topological polar surface area (TPSA) is 83.5 Å². The predicted molar refractivity (Wildman–Crippen MR) is 72.7 cm³/mol. The number of carboxylic acids is 1. The fourth-order valence-corrected chi connectivity index (χ4v) is 3.17. The summed E-state index contributed by atoms with van der Waals surface area (Å²) in [6.07, 6.45) is 0. The Labute approximate surface area is 117 Å². The summed E-state index contributed by atoms with van der Waals surface area (Å²) in [5.74, 6) is -2.18. The third-order valence-electron chi connectivity index (χ3n) is 3.17. The summed E-state index contributed by atoms with van der Waals surface area (Å²) < 4.78 is 40.5. The molecule has 0 heterocycles. The van der Waals surface area contributed by atoms with Crippen molar-refractivity contribution >= 4 is 16.0 Å².